The van der Waals surface area contributed by atoms with Gasteiger partial charge in [0.25, 0.3) is 0 Å². The number of aryl methyl sites for hydroxylation is 1. The third-order valence-corrected chi connectivity index (χ3v) is 5.18. The molecule has 3 rings (SSSR count). The Morgan fingerprint density at radius 1 is 1.10 bits per heavy atom. The molecule has 0 bridgehead atoms. The molecule has 1 unspecified atom stereocenters. The van der Waals surface area contributed by atoms with Crippen molar-refractivity contribution in [3.8, 4) is 0 Å². The summed E-state index contributed by atoms with van der Waals surface area (Å²) >= 11 is 3.59. The fourth-order valence-electron chi connectivity index (χ4n) is 3.13. The van der Waals surface area contributed by atoms with Crippen molar-refractivity contribution < 1.29 is 0 Å². The first-order valence-corrected chi connectivity index (χ1v) is 8.51. The molecule has 110 valence electrons. The van der Waals surface area contributed by atoms with E-state index < -0.39 is 0 Å². The van der Waals surface area contributed by atoms with Crippen LogP contribution in [0.5, 0.6) is 0 Å². The van der Waals surface area contributed by atoms with E-state index in [-0.39, 0.29) is 6.04 Å². The van der Waals surface area contributed by atoms with E-state index in [0.717, 1.165) is 10.4 Å². The Labute approximate surface area is 135 Å². The highest BCUT2D eigenvalue weighted by atomic mass is 79.9. The molecule has 1 fully saturated rings. The highest BCUT2D eigenvalue weighted by molar-refractivity contribution is 9.10. The molecule has 1 aliphatic rings. The highest BCUT2D eigenvalue weighted by Crippen LogP contribution is 2.37. The molecule has 1 aliphatic carbocycles. The van der Waals surface area contributed by atoms with E-state index in [1.807, 2.05) is 7.05 Å². The maximum atomic E-state index is 3.59. The summed E-state index contributed by atoms with van der Waals surface area (Å²) in [6.45, 7) is 2.18. The quantitative estimate of drug-likeness (QED) is 0.790. The standard InChI is InChI=1S/C19H22BrN/c1-13-6-11-17(20)12-18(13)19(21-2)16-9-7-15(8-10-16)14-4-3-5-14/h6-12,14,19,21H,3-5H2,1-2H3. The van der Waals surface area contributed by atoms with Crippen molar-refractivity contribution >= 4 is 15.9 Å². The van der Waals surface area contributed by atoms with Gasteiger partial charge in [-0.05, 0) is 67.1 Å². The Morgan fingerprint density at radius 3 is 2.38 bits per heavy atom. The molecule has 1 atom stereocenters. The normalized spacial score (nSPS) is 16.5. The SMILES string of the molecule is CNC(c1ccc(C2CCC2)cc1)c1cc(Br)ccc1C. The zero-order valence-corrected chi connectivity index (χ0v) is 14.3. The lowest BCUT2D eigenvalue weighted by Crippen LogP contribution is -2.19. The van der Waals surface area contributed by atoms with Crippen LogP contribution in [0.4, 0.5) is 0 Å². The summed E-state index contributed by atoms with van der Waals surface area (Å²) in [6.07, 6.45) is 4.11. The largest absolute Gasteiger partial charge is 0.309 e. The second kappa shape index (κ2) is 6.33. The average Bonchev–Trinajstić information content (AvgIpc) is 2.43. The fraction of sp³-hybridized carbons (Fsp3) is 0.368. The summed E-state index contributed by atoms with van der Waals surface area (Å²) in [4.78, 5) is 0. The topological polar surface area (TPSA) is 12.0 Å². The van der Waals surface area contributed by atoms with Crippen molar-refractivity contribution in [1.29, 1.82) is 0 Å². The van der Waals surface area contributed by atoms with Gasteiger partial charge in [-0.2, -0.15) is 0 Å². The van der Waals surface area contributed by atoms with Crippen LogP contribution in [0.1, 0.15) is 53.5 Å². The van der Waals surface area contributed by atoms with Crippen molar-refractivity contribution in [1.82, 2.24) is 5.32 Å². The van der Waals surface area contributed by atoms with Gasteiger partial charge in [-0.1, -0.05) is 52.7 Å². The van der Waals surface area contributed by atoms with Gasteiger partial charge in [-0.3, -0.25) is 0 Å². The molecule has 1 nitrogen and oxygen atoms in total. The molecule has 0 heterocycles. The highest BCUT2D eigenvalue weighted by Gasteiger charge is 2.20. The van der Waals surface area contributed by atoms with Gasteiger partial charge in [0.15, 0.2) is 0 Å². The minimum absolute atomic E-state index is 0.248. The molecule has 2 aromatic rings. The van der Waals surface area contributed by atoms with E-state index in [4.69, 9.17) is 0 Å². The Bertz CT molecular complexity index is 614. The van der Waals surface area contributed by atoms with Crippen LogP contribution in [0.2, 0.25) is 0 Å². The molecule has 1 saturated carbocycles. The van der Waals surface area contributed by atoms with Gasteiger partial charge in [0.05, 0.1) is 6.04 Å². The minimum Gasteiger partial charge on any atom is -0.309 e. The van der Waals surface area contributed by atoms with Gasteiger partial charge >= 0.3 is 0 Å². The van der Waals surface area contributed by atoms with E-state index in [1.165, 1.54) is 41.5 Å². The molecule has 2 heteroatoms. The minimum atomic E-state index is 0.248. The Morgan fingerprint density at radius 2 is 1.81 bits per heavy atom. The number of nitrogens with one attached hydrogen (secondary N) is 1. The van der Waals surface area contributed by atoms with Gasteiger partial charge in [0.2, 0.25) is 0 Å². The van der Waals surface area contributed by atoms with Crippen molar-refractivity contribution in [2.75, 3.05) is 7.05 Å². The summed E-state index contributed by atoms with van der Waals surface area (Å²) in [5, 5.41) is 3.46. The van der Waals surface area contributed by atoms with Crippen molar-refractivity contribution in [3.63, 3.8) is 0 Å². The summed E-state index contributed by atoms with van der Waals surface area (Å²) in [7, 11) is 2.03. The maximum Gasteiger partial charge on any atom is 0.0577 e. The second-order valence-electron chi connectivity index (χ2n) is 6.02. The average molecular weight is 344 g/mol. The molecular weight excluding hydrogens is 322 g/mol. The first-order valence-electron chi connectivity index (χ1n) is 7.72. The Hall–Kier alpha value is -1.12. The van der Waals surface area contributed by atoms with Crippen LogP contribution < -0.4 is 5.32 Å². The van der Waals surface area contributed by atoms with Gasteiger partial charge in [-0.25, -0.2) is 0 Å². The fourth-order valence-corrected chi connectivity index (χ4v) is 3.51. The Kier molecular flexibility index (Phi) is 4.46. The van der Waals surface area contributed by atoms with Crippen LogP contribution in [0.15, 0.2) is 46.9 Å². The van der Waals surface area contributed by atoms with Crippen LogP contribution in [0.25, 0.3) is 0 Å². The van der Waals surface area contributed by atoms with E-state index in [1.54, 1.807) is 0 Å². The lowest BCUT2D eigenvalue weighted by Gasteiger charge is -2.26. The molecular formula is C19H22BrN. The molecule has 0 spiro atoms. The second-order valence-corrected chi connectivity index (χ2v) is 6.93. The molecule has 0 saturated heterocycles. The summed E-state index contributed by atoms with van der Waals surface area (Å²) in [6, 6.07) is 15.9. The van der Waals surface area contributed by atoms with E-state index in [9.17, 15) is 0 Å². The van der Waals surface area contributed by atoms with Crippen LogP contribution in [-0.2, 0) is 0 Å². The van der Waals surface area contributed by atoms with Crippen LogP contribution >= 0.6 is 15.9 Å². The van der Waals surface area contributed by atoms with E-state index >= 15 is 0 Å². The van der Waals surface area contributed by atoms with Crippen molar-refractivity contribution in [2.24, 2.45) is 0 Å². The van der Waals surface area contributed by atoms with Gasteiger partial charge in [0.1, 0.15) is 0 Å². The van der Waals surface area contributed by atoms with E-state index in [2.05, 4.69) is 70.6 Å². The lowest BCUT2D eigenvalue weighted by molar-refractivity contribution is 0.419. The maximum absolute atomic E-state index is 3.59. The predicted molar refractivity (Wildman–Crippen MR) is 92.8 cm³/mol. The molecule has 2 aromatic carbocycles. The molecule has 0 radical (unpaired) electrons. The first-order chi connectivity index (χ1) is 10.2. The third-order valence-electron chi connectivity index (χ3n) is 4.69. The zero-order chi connectivity index (χ0) is 14.8. The lowest BCUT2D eigenvalue weighted by atomic mass is 9.79. The van der Waals surface area contributed by atoms with Crippen LogP contribution in [-0.4, -0.2) is 7.05 Å². The van der Waals surface area contributed by atoms with Crippen LogP contribution in [0, 0.1) is 6.92 Å². The van der Waals surface area contributed by atoms with Gasteiger partial charge in [0, 0.05) is 4.47 Å². The molecule has 0 aromatic heterocycles. The third kappa shape index (κ3) is 3.07. The molecule has 1 N–H and O–H groups in total. The van der Waals surface area contributed by atoms with E-state index in [0.29, 0.717) is 0 Å². The smallest absolute Gasteiger partial charge is 0.0577 e. The zero-order valence-electron chi connectivity index (χ0n) is 12.7. The van der Waals surface area contributed by atoms with Crippen molar-refractivity contribution in [2.45, 2.75) is 38.1 Å². The van der Waals surface area contributed by atoms with Gasteiger partial charge in [-0.15, -0.1) is 0 Å². The first kappa shape index (κ1) is 14.8. The monoisotopic (exact) mass is 343 g/mol. The summed E-state index contributed by atoms with van der Waals surface area (Å²) in [5.41, 5.74) is 5.50. The Balaban J connectivity index is 1.90. The molecule has 0 aliphatic heterocycles. The summed E-state index contributed by atoms with van der Waals surface area (Å²) < 4.78 is 1.13. The van der Waals surface area contributed by atoms with Crippen LogP contribution in [0.3, 0.4) is 0 Å². The number of hydrogen-bond acceptors (Lipinski definition) is 1. The van der Waals surface area contributed by atoms with Crippen molar-refractivity contribution in [3.05, 3.63) is 69.2 Å². The van der Waals surface area contributed by atoms with Gasteiger partial charge < -0.3 is 5.32 Å². The predicted octanol–water partition coefficient (Wildman–Crippen LogP) is 5.33. The number of rotatable bonds is 4. The number of halogens is 1. The summed E-state index contributed by atoms with van der Waals surface area (Å²) in [5.74, 6) is 0.805. The molecule has 0 amide bonds. The number of hydrogen-bond donors (Lipinski definition) is 1. The number of benzene rings is 2. The molecule has 21 heavy (non-hydrogen) atoms.